The molecule has 2 aromatic carbocycles. The Morgan fingerprint density at radius 1 is 0.897 bits per heavy atom. The fraction of sp³-hybridized carbons (Fsp3) is 0.0952. The van der Waals surface area contributed by atoms with Gasteiger partial charge in [0.15, 0.2) is 11.6 Å². The van der Waals surface area contributed by atoms with Crippen molar-refractivity contribution in [2.75, 3.05) is 7.11 Å². The van der Waals surface area contributed by atoms with Crippen LogP contribution in [0.4, 0.5) is 13.2 Å². The molecule has 0 saturated carbocycles. The predicted octanol–water partition coefficient (Wildman–Crippen LogP) is 5.24. The molecule has 0 heterocycles. The summed E-state index contributed by atoms with van der Waals surface area (Å²) in [5, 5.41) is 0. The van der Waals surface area contributed by atoms with Gasteiger partial charge in [0.1, 0.15) is 42.4 Å². The number of hydrogen-bond donors (Lipinski definition) is 0. The molecule has 0 aliphatic carbocycles. The summed E-state index contributed by atoms with van der Waals surface area (Å²) in [6, 6.07) is 5.16. The van der Waals surface area contributed by atoms with Gasteiger partial charge in [-0.15, -0.1) is 0 Å². The molecule has 0 saturated heterocycles. The van der Waals surface area contributed by atoms with Gasteiger partial charge in [-0.05, 0) is 25.1 Å². The van der Waals surface area contributed by atoms with Crippen molar-refractivity contribution < 1.29 is 36.9 Å². The Morgan fingerprint density at radius 2 is 1.59 bits per heavy atom. The zero-order valence-corrected chi connectivity index (χ0v) is 15.6. The van der Waals surface area contributed by atoms with Crippen molar-refractivity contribution in [2.45, 2.75) is 6.92 Å². The highest BCUT2D eigenvalue weighted by molar-refractivity contribution is 5.87. The smallest absolute Gasteiger partial charge is 0.338 e. The Morgan fingerprint density at radius 3 is 2.24 bits per heavy atom. The van der Waals surface area contributed by atoms with Crippen LogP contribution in [0.25, 0.3) is 11.1 Å². The molecule has 0 aliphatic heterocycles. The van der Waals surface area contributed by atoms with Crippen molar-refractivity contribution >= 4 is 5.97 Å². The second-order valence-electron chi connectivity index (χ2n) is 5.61. The summed E-state index contributed by atoms with van der Waals surface area (Å²) >= 11 is 0. The van der Waals surface area contributed by atoms with Crippen LogP contribution in [0.5, 0.6) is 11.5 Å². The molecule has 0 N–H and O–H groups in total. The van der Waals surface area contributed by atoms with Crippen LogP contribution in [0.2, 0.25) is 0 Å². The lowest BCUT2D eigenvalue weighted by Gasteiger charge is -2.09. The van der Waals surface area contributed by atoms with E-state index in [-0.39, 0.29) is 28.2 Å². The maximum atomic E-state index is 14.4. The fourth-order valence-corrected chi connectivity index (χ4v) is 2.07. The Hall–Kier alpha value is -3.68. The normalized spacial score (nSPS) is 10.9. The SMILES string of the molecule is C=C(C)C(=O)O/C=C\Oc1ccc(-c2cc(F)c(O/C=C\OC)cc2F)c(F)c1. The summed E-state index contributed by atoms with van der Waals surface area (Å²) in [5.41, 5.74) is -0.267. The van der Waals surface area contributed by atoms with Gasteiger partial charge in [-0.25, -0.2) is 18.0 Å². The van der Waals surface area contributed by atoms with Crippen molar-refractivity contribution in [2.24, 2.45) is 0 Å². The molecule has 0 amide bonds. The van der Waals surface area contributed by atoms with E-state index in [1.165, 1.54) is 26.2 Å². The second kappa shape index (κ2) is 10.0. The Labute approximate surface area is 165 Å². The van der Waals surface area contributed by atoms with Crippen molar-refractivity contribution in [1.82, 2.24) is 0 Å². The first-order valence-electron chi connectivity index (χ1n) is 8.15. The van der Waals surface area contributed by atoms with Gasteiger partial charge in [0.25, 0.3) is 0 Å². The molecule has 2 aromatic rings. The highest BCUT2D eigenvalue weighted by Crippen LogP contribution is 2.32. The molecule has 2 rings (SSSR count). The molecule has 152 valence electrons. The van der Waals surface area contributed by atoms with Crippen LogP contribution in [0.3, 0.4) is 0 Å². The maximum absolute atomic E-state index is 14.4. The van der Waals surface area contributed by atoms with Gasteiger partial charge in [0.2, 0.25) is 0 Å². The largest absolute Gasteiger partial charge is 0.501 e. The number of halogens is 3. The molecule has 0 aliphatic rings. The van der Waals surface area contributed by atoms with Gasteiger partial charge < -0.3 is 18.9 Å². The number of esters is 1. The molecule has 0 bridgehead atoms. The lowest BCUT2D eigenvalue weighted by molar-refractivity contribution is -0.133. The van der Waals surface area contributed by atoms with Gasteiger partial charge >= 0.3 is 5.97 Å². The first kappa shape index (κ1) is 21.6. The molecule has 0 atom stereocenters. The van der Waals surface area contributed by atoms with E-state index in [9.17, 15) is 18.0 Å². The van der Waals surface area contributed by atoms with Gasteiger partial charge in [-0.2, -0.15) is 0 Å². The van der Waals surface area contributed by atoms with Crippen LogP contribution in [0, 0.1) is 17.5 Å². The molecule has 5 nitrogen and oxygen atoms in total. The average molecular weight is 406 g/mol. The molecular formula is C21H17F3O5. The van der Waals surface area contributed by atoms with E-state index in [4.69, 9.17) is 9.47 Å². The molecule has 29 heavy (non-hydrogen) atoms. The Balaban J connectivity index is 2.16. The summed E-state index contributed by atoms with van der Waals surface area (Å²) in [7, 11) is 1.36. The third-order valence-electron chi connectivity index (χ3n) is 3.42. The van der Waals surface area contributed by atoms with Gasteiger partial charge in [-0.3, -0.25) is 0 Å². The van der Waals surface area contributed by atoms with Crippen LogP contribution in [0.1, 0.15) is 6.92 Å². The van der Waals surface area contributed by atoms with Gasteiger partial charge in [-0.1, -0.05) is 6.58 Å². The minimum absolute atomic E-state index is 0.0550. The van der Waals surface area contributed by atoms with E-state index in [2.05, 4.69) is 16.1 Å². The standard InChI is InChI=1S/C21H17F3O5/c1-13(2)21(25)29-9-8-27-14-4-5-15(17(22)10-14)16-11-19(24)20(12-18(16)23)28-7-6-26-3/h4-12H,1H2,2-3H3/b7-6-,9-8-. The first-order valence-corrected chi connectivity index (χ1v) is 8.15. The fourth-order valence-electron chi connectivity index (χ4n) is 2.07. The molecule has 0 fully saturated rings. The minimum atomic E-state index is -0.885. The lowest BCUT2D eigenvalue weighted by atomic mass is 10.0. The number of ether oxygens (including phenoxy) is 4. The molecule has 0 spiro atoms. The van der Waals surface area contributed by atoms with Crippen LogP contribution in [-0.2, 0) is 14.3 Å². The third kappa shape index (κ3) is 5.90. The van der Waals surface area contributed by atoms with Crippen molar-refractivity contribution in [3.63, 3.8) is 0 Å². The molecule has 0 radical (unpaired) electrons. The van der Waals surface area contributed by atoms with Crippen LogP contribution in [-0.4, -0.2) is 13.1 Å². The number of methoxy groups -OCH3 is 1. The average Bonchev–Trinajstić information content (AvgIpc) is 2.68. The predicted molar refractivity (Wildman–Crippen MR) is 99.2 cm³/mol. The Kier molecular flexibility index (Phi) is 7.47. The van der Waals surface area contributed by atoms with E-state index in [0.717, 1.165) is 43.2 Å². The zero-order valence-electron chi connectivity index (χ0n) is 15.6. The summed E-state index contributed by atoms with van der Waals surface area (Å²) in [5.74, 6) is -3.58. The first-order chi connectivity index (χ1) is 13.8. The van der Waals surface area contributed by atoms with E-state index in [1.54, 1.807) is 0 Å². The number of carbonyl (C=O) groups is 1. The number of benzene rings is 2. The summed E-state index contributed by atoms with van der Waals surface area (Å²) < 4.78 is 62.1. The zero-order chi connectivity index (χ0) is 21.4. The topological polar surface area (TPSA) is 54.0 Å². The molecule has 0 aromatic heterocycles. The lowest BCUT2D eigenvalue weighted by Crippen LogP contribution is -1.99. The van der Waals surface area contributed by atoms with E-state index < -0.39 is 23.4 Å². The highest BCUT2D eigenvalue weighted by atomic mass is 19.1. The Bertz CT molecular complexity index is 967. The van der Waals surface area contributed by atoms with Crippen LogP contribution >= 0.6 is 0 Å². The van der Waals surface area contributed by atoms with Gasteiger partial charge in [0, 0.05) is 28.8 Å². The van der Waals surface area contributed by atoms with E-state index >= 15 is 0 Å². The van der Waals surface area contributed by atoms with E-state index in [1.807, 2.05) is 0 Å². The number of rotatable bonds is 8. The minimum Gasteiger partial charge on any atom is -0.501 e. The summed E-state index contributed by atoms with van der Waals surface area (Å²) in [6.45, 7) is 4.88. The van der Waals surface area contributed by atoms with Crippen LogP contribution in [0.15, 0.2) is 67.5 Å². The monoisotopic (exact) mass is 406 g/mol. The third-order valence-corrected chi connectivity index (χ3v) is 3.42. The van der Waals surface area contributed by atoms with Crippen LogP contribution < -0.4 is 9.47 Å². The van der Waals surface area contributed by atoms with Crippen molar-refractivity contribution in [3.05, 3.63) is 85.0 Å². The van der Waals surface area contributed by atoms with Gasteiger partial charge in [0.05, 0.1) is 7.11 Å². The summed E-state index contributed by atoms with van der Waals surface area (Å²) in [6.07, 6.45) is 4.16. The summed E-state index contributed by atoms with van der Waals surface area (Å²) in [4.78, 5) is 11.2. The molecule has 0 unspecified atom stereocenters. The maximum Gasteiger partial charge on any atom is 0.338 e. The highest BCUT2D eigenvalue weighted by Gasteiger charge is 2.16. The van der Waals surface area contributed by atoms with Crippen molar-refractivity contribution in [1.29, 1.82) is 0 Å². The van der Waals surface area contributed by atoms with E-state index in [0.29, 0.717) is 0 Å². The second-order valence-corrected chi connectivity index (χ2v) is 5.61. The molecular weight excluding hydrogens is 389 g/mol. The number of hydrogen-bond acceptors (Lipinski definition) is 5. The molecule has 8 heteroatoms. The number of carbonyl (C=O) groups excluding carboxylic acids is 1. The van der Waals surface area contributed by atoms with Crippen molar-refractivity contribution in [3.8, 4) is 22.6 Å². The quantitative estimate of drug-likeness (QED) is 0.341.